The molecule has 0 bridgehead atoms. The van der Waals surface area contributed by atoms with Gasteiger partial charge in [-0.05, 0) is 0 Å². The van der Waals surface area contributed by atoms with Crippen LogP contribution in [-0.2, 0) is 13.1 Å². The van der Waals surface area contributed by atoms with Gasteiger partial charge in [0, 0.05) is 19.2 Å². The zero-order valence-corrected chi connectivity index (χ0v) is 7.96. The van der Waals surface area contributed by atoms with Crippen LogP contribution in [0.2, 0.25) is 0 Å². The maximum atomic E-state index is 12.1. The maximum Gasteiger partial charge on any atom is 0.401 e. The third kappa shape index (κ3) is 2.41. The van der Waals surface area contributed by atoms with Gasteiger partial charge in [0.05, 0.1) is 18.8 Å². The van der Waals surface area contributed by atoms with Gasteiger partial charge in [0.1, 0.15) is 5.82 Å². The molecule has 0 radical (unpaired) electrons. The van der Waals surface area contributed by atoms with Crippen LogP contribution in [0.5, 0.6) is 0 Å². The Balaban J connectivity index is 2.05. The molecule has 15 heavy (non-hydrogen) atoms. The summed E-state index contributed by atoms with van der Waals surface area (Å²) in [6.45, 7) is 0.192. The Kier molecular flexibility index (Phi) is 2.34. The normalized spacial score (nSPS) is 17.8. The second kappa shape index (κ2) is 3.41. The number of rotatable bonds is 1. The maximum absolute atomic E-state index is 12.1. The van der Waals surface area contributed by atoms with Crippen molar-refractivity contribution in [2.75, 3.05) is 18.8 Å². The molecule has 1 aromatic heterocycles. The summed E-state index contributed by atoms with van der Waals surface area (Å²) in [5, 5.41) is 3.97. The monoisotopic (exact) mass is 220 g/mol. The van der Waals surface area contributed by atoms with Crippen LogP contribution >= 0.6 is 0 Å². The summed E-state index contributed by atoms with van der Waals surface area (Å²) in [5.41, 5.74) is 6.20. The molecule has 2 heterocycles. The number of fused-ring (bicyclic) bond motifs is 1. The number of alkyl halides is 3. The van der Waals surface area contributed by atoms with E-state index in [-0.39, 0.29) is 6.54 Å². The quantitative estimate of drug-likeness (QED) is 0.763. The smallest absolute Gasteiger partial charge is 0.382 e. The first-order valence-electron chi connectivity index (χ1n) is 4.55. The lowest BCUT2D eigenvalue weighted by molar-refractivity contribution is -0.148. The molecule has 0 aliphatic carbocycles. The SMILES string of the molecule is Nc1cc2n(n1)CCN(CC(F)(F)F)C2. The summed E-state index contributed by atoms with van der Waals surface area (Å²) in [4.78, 5) is 1.34. The molecule has 0 fully saturated rings. The Morgan fingerprint density at radius 2 is 2.13 bits per heavy atom. The van der Waals surface area contributed by atoms with E-state index >= 15 is 0 Å². The molecule has 0 spiro atoms. The molecule has 84 valence electrons. The average molecular weight is 220 g/mol. The summed E-state index contributed by atoms with van der Waals surface area (Å²) >= 11 is 0. The molecular weight excluding hydrogens is 209 g/mol. The van der Waals surface area contributed by atoms with Crippen molar-refractivity contribution in [3.05, 3.63) is 11.8 Å². The van der Waals surface area contributed by atoms with Gasteiger partial charge in [0.25, 0.3) is 0 Å². The zero-order valence-electron chi connectivity index (χ0n) is 7.96. The van der Waals surface area contributed by atoms with Crippen LogP contribution in [0.4, 0.5) is 19.0 Å². The standard InChI is InChI=1S/C8H11F3N4/c9-8(10,11)5-14-1-2-15-6(4-14)3-7(12)13-15/h3H,1-2,4-5H2,(H2,12,13). The Hall–Kier alpha value is -1.24. The van der Waals surface area contributed by atoms with Crippen molar-refractivity contribution in [1.82, 2.24) is 14.7 Å². The van der Waals surface area contributed by atoms with Crippen LogP contribution in [0.25, 0.3) is 0 Å². The molecule has 0 unspecified atom stereocenters. The fourth-order valence-electron chi connectivity index (χ4n) is 1.73. The van der Waals surface area contributed by atoms with Crippen LogP contribution in [0, 0.1) is 0 Å². The lowest BCUT2D eigenvalue weighted by Crippen LogP contribution is -2.39. The largest absolute Gasteiger partial charge is 0.401 e. The highest BCUT2D eigenvalue weighted by Crippen LogP contribution is 2.21. The minimum absolute atomic E-state index is 0.254. The molecule has 1 aliphatic rings. The van der Waals surface area contributed by atoms with Gasteiger partial charge in [-0.25, -0.2) is 0 Å². The van der Waals surface area contributed by atoms with Crippen LogP contribution in [0.3, 0.4) is 0 Å². The molecule has 7 heteroatoms. The second-order valence-electron chi connectivity index (χ2n) is 3.61. The highest BCUT2D eigenvalue weighted by molar-refractivity contribution is 5.29. The van der Waals surface area contributed by atoms with E-state index in [9.17, 15) is 13.2 Å². The Morgan fingerprint density at radius 3 is 2.80 bits per heavy atom. The van der Waals surface area contributed by atoms with Gasteiger partial charge >= 0.3 is 6.18 Å². The molecule has 1 aromatic rings. The van der Waals surface area contributed by atoms with E-state index in [1.54, 1.807) is 10.7 Å². The number of aromatic nitrogens is 2. The number of nitrogen functional groups attached to an aromatic ring is 1. The molecule has 2 rings (SSSR count). The highest BCUT2D eigenvalue weighted by Gasteiger charge is 2.32. The third-order valence-electron chi connectivity index (χ3n) is 2.30. The van der Waals surface area contributed by atoms with Crippen molar-refractivity contribution in [3.63, 3.8) is 0 Å². The van der Waals surface area contributed by atoms with Crippen molar-refractivity contribution < 1.29 is 13.2 Å². The van der Waals surface area contributed by atoms with Crippen LogP contribution in [0.15, 0.2) is 6.07 Å². The molecule has 0 aromatic carbocycles. The van der Waals surface area contributed by atoms with Gasteiger partial charge in [-0.1, -0.05) is 0 Å². The van der Waals surface area contributed by atoms with Crippen LogP contribution in [-0.4, -0.2) is 33.9 Å². The lowest BCUT2D eigenvalue weighted by atomic mass is 10.3. The first-order chi connectivity index (χ1) is 6.94. The minimum atomic E-state index is -4.15. The molecule has 1 aliphatic heterocycles. The number of nitrogens with zero attached hydrogens (tertiary/aromatic N) is 3. The predicted octanol–water partition coefficient (Wildman–Crippen LogP) is 0.843. The van der Waals surface area contributed by atoms with E-state index in [1.807, 2.05) is 0 Å². The van der Waals surface area contributed by atoms with Gasteiger partial charge in [0.2, 0.25) is 0 Å². The van der Waals surface area contributed by atoms with Gasteiger partial charge in [-0.15, -0.1) is 0 Å². The van der Waals surface area contributed by atoms with E-state index in [0.29, 0.717) is 18.9 Å². The molecule has 2 N–H and O–H groups in total. The first-order valence-corrected chi connectivity index (χ1v) is 4.55. The minimum Gasteiger partial charge on any atom is -0.382 e. The number of hydrogen-bond acceptors (Lipinski definition) is 3. The molecule has 0 atom stereocenters. The van der Waals surface area contributed by atoms with Crippen LogP contribution in [0.1, 0.15) is 5.69 Å². The van der Waals surface area contributed by atoms with Gasteiger partial charge < -0.3 is 5.73 Å². The molecular formula is C8H11F3N4. The molecule has 0 saturated carbocycles. The summed E-state index contributed by atoms with van der Waals surface area (Å²) in [6, 6.07) is 1.61. The average Bonchev–Trinajstić information content (AvgIpc) is 2.40. The van der Waals surface area contributed by atoms with Gasteiger partial charge in [0.15, 0.2) is 0 Å². The molecule has 4 nitrogen and oxygen atoms in total. The summed E-state index contributed by atoms with van der Waals surface area (Å²) in [5.74, 6) is 0.360. The Morgan fingerprint density at radius 1 is 1.40 bits per heavy atom. The molecule has 0 saturated heterocycles. The van der Waals surface area contributed by atoms with E-state index in [1.165, 1.54) is 4.90 Å². The molecule has 0 amide bonds. The zero-order chi connectivity index (χ0) is 11.1. The van der Waals surface area contributed by atoms with Crippen molar-refractivity contribution in [2.45, 2.75) is 19.3 Å². The van der Waals surface area contributed by atoms with Crippen molar-refractivity contribution in [1.29, 1.82) is 0 Å². The number of halogens is 3. The van der Waals surface area contributed by atoms with Gasteiger partial charge in [-0.2, -0.15) is 18.3 Å². The van der Waals surface area contributed by atoms with Crippen molar-refractivity contribution in [3.8, 4) is 0 Å². The van der Waals surface area contributed by atoms with E-state index in [2.05, 4.69) is 5.10 Å². The fraction of sp³-hybridized carbons (Fsp3) is 0.625. The first kappa shape index (κ1) is 10.3. The van der Waals surface area contributed by atoms with Crippen molar-refractivity contribution >= 4 is 5.82 Å². The van der Waals surface area contributed by atoms with Crippen molar-refractivity contribution in [2.24, 2.45) is 0 Å². The van der Waals surface area contributed by atoms with Gasteiger partial charge in [-0.3, -0.25) is 9.58 Å². The second-order valence-corrected chi connectivity index (χ2v) is 3.61. The van der Waals surface area contributed by atoms with Crippen LogP contribution < -0.4 is 5.73 Å². The highest BCUT2D eigenvalue weighted by atomic mass is 19.4. The number of hydrogen-bond donors (Lipinski definition) is 1. The lowest BCUT2D eigenvalue weighted by Gasteiger charge is -2.27. The predicted molar refractivity (Wildman–Crippen MR) is 48.0 cm³/mol. The topological polar surface area (TPSA) is 47.1 Å². The Labute approximate surface area is 84.5 Å². The van der Waals surface area contributed by atoms with E-state index in [0.717, 1.165) is 5.69 Å². The Bertz CT molecular complexity index is 357. The fourth-order valence-corrected chi connectivity index (χ4v) is 1.73. The summed E-state index contributed by atoms with van der Waals surface area (Å²) in [7, 11) is 0. The summed E-state index contributed by atoms with van der Waals surface area (Å²) in [6.07, 6.45) is -4.15. The number of anilines is 1. The third-order valence-corrected chi connectivity index (χ3v) is 2.30. The van der Waals surface area contributed by atoms with E-state index < -0.39 is 12.7 Å². The summed E-state index contributed by atoms with van der Waals surface area (Å²) < 4.78 is 38.1. The van der Waals surface area contributed by atoms with E-state index in [4.69, 9.17) is 5.73 Å². The number of nitrogens with two attached hydrogens (primary N) is 1.